The maximum atomic E-state index is 14.9. The van der Waals surface area contributed by atoms with Crippen LogP contribution in [0.5, 0.6) is 0 Å². The standard InChI is InChI=1S/C43H42F4N6O7S/c1-42(57,41(56)49-31-12-11-30(26-48)36(25-31)43(45,46)47)27-61(58,59)32-13-8-28(9-14-32)5-4-21-60-22-20-52-16-18-53(19-17-52)40(55)35-23-29(10-15-37(35)44)24-38-33-6-2-3-7-34(33)39(54)51-50-38/h2-3,6-15,23,25,57H,4-5,16-22,24,27H2,1H3,(H,49,56)(H,51,54)/t42-/m0/s1. The Labute approximate surface area is 348 Å². The summed E-state index contributed by atoms with van der Waals surface area (Å²) < 4.78 is 86.9. The van der Waals surface area contributed by atoms with Crippen LogP contribution in [0.15, 0.2) is 94.6 Å². The molecule has 1 aliphatic heterocycles. The van der Waals surface area contributed by atoms with Crippen molar-refractivity contribution in [3.05, 3.63) is 135 Å². The van der Waals surface area contributed by atoms with Gasteiger partial charge in [0.2, 0.25) is 0 Å². The first-order valence-electron chi connectivity index (χ1n) is 19.3. The number of aryl methyl sites for hydroxylation is 1. The molecule has 1 fully saturated rings. The van der Waals surface area contributed by atoms with Crippen LogP contribution in [0, 0.1) is 17.1 Å². The monoisotopic (exact) mass is 862 g/mol. The first kappa shape index (κ1) is 44.5. The summed E-state index contributed by atoms with van der Waals surface area (Å²) in [5.74, 6) is -3.30. The summed E-state index contributed by atoms with van der Waals surface area (Å²) in [5, 5.41) is 29.7. The summed E-state index contributed by atoms with van der Waals surface area (Å²) in [6.07, 6.45) is -3.38. The van der Waals surface area contributed by atoms with Gasteiger partial charge in [-0.05, 0) is 79.4 Å². The number of anilines is 1. The second-order valence-corrected chi connectivity index (χ2v) is 16.9. The summed E-state index contributed by atoms with van der Waals surface area (Å²) in [5.41, 5.74) is -3.06. The Bertz CT molecular complexity index is 2620. The number of fused-ring (bicyclic) bond motifs is 1. The van der Waals surface area contributed by atoms with Gasteiger partial charge in [0.05, 0.1) is 51.1 Å². The molecule has 2 heterocycles. The molecular weight excluding hydrogens is 821 g/mol. The molecule has 18 heteroatoms. The fourth-order valence-corrected chi connectivity index (χ4v) is 8.56. The summed E-state index contributed by atoms with van der Waals surface area (Å²) in [7, 11) is -4.21. The number of nitrogens with zero attached hydrogens (tertiary/aromatic N) is 4. The Morgan fingerprint density at radius 2 is 1.64 bits per heavy atom. The molecule has 1 saturated heterocycles. The lowest BCUT2D eigenvalue weighted by Crippen LogP contribution is -2.49. The van der Waals surface area contributed by atoms with Gasteiger partial charge in [0.25, 0.3) is 17.4 Å². The molecule has 1 aliphatic rings. The number of sulfone groups is 1. The van der Waals surface area contributed by atoms with Crippen molar-refractivity contribution in [2.45, 2.75) is 42.9 Å². The van der Waals surface area contributed by atoms with E-state index >= 15 is 0 Å². The molecule has 320 valence electrons. The SMILES string of the molecule is C[C@](O)(CS(=O)(=O)c1ccc(CCCOCCN2CCN(C(=O)c3cc(Cc4n[nH]c(=O)c5ccccc45)ccc3F)CC2)cc1)C(=O)Nc1ccc(C#N)c(C(F)(F)F)c1. The van der Waals surface area contributed by atoms with Crippen molar-refractivity contribution in [1.82, 2.24) is 20.0 Å². The third kappa shape index (κ3) is 11.0. The third-order valence-electron chi connectivity index (χ3n) is 10.3. The van der Waals surface area contributed by atoms with Crippen LogP contribution < -0.4 is 10.9 Å². The number of alkyl halides is 3. The molecule has 1 atom stereocenters. The zero-order chi connectivity index (χ0) is 44.0. The highest BCUT2D eigenvalue weighted by Crippen LogP contribution is 2.34. The van der Waals surface area contributed by atoms with E-state index in [1.165, 1.54) is 30.3 Å². The van der Waals surface area contributed by atoms with Gasteiger partial charge in [0, 0.05) is 56.8 Å². The lowest BCUT2D eigenvalue weighted by atomic mass is 10.0. The van der Waals surface area contributed by atoms with Crippen LogP contribution in [0.1, 0.15) is 51.7 Å². The minimum Gasteiger partial charge on any atom is -0.380 e. The van der Waals surface area contributed by atoms with Crippen LogP contribution >= 0.6 is 0 Å². The normalized spacial score (nSPS) is 14.7. The topological polar surface area (TPSA) is 186 Å². The van der Waals surface area contributed by atoms with Gasteiger partial charge in [-0.3, -0.25) is 19.3 Å². The minimum absolute atomic E-state index is 0.0233. The second-order valence-electron chi connectivity index (χ2n) is 14.9. The van der Waals surface area contributed by atoms with Gasteiger partial charge in [-0.25, -0.2) is 17.9 Å². The molecular formula is C43H42F4N6O7S. The first-order chi connectivity index (χ1) is 28.9. The van der Waals surface area contributed by atoms with Crippen LogP contribution in [0.25, 0.3) is 10.8 Å². The van der Waals surface area contributed by atoms with Crippen molar-refractivity contribution in [2.75, 3.05) is 57.0 Å². The lowest BCUT2D eigenvalue weighted by molar-refractivity contribution is -0.137. The average Bonchev–Trinajstić information content (AvgIpc) is 3.23. The molecule has 13 nitrogen and oxygen atoms in total. The smallest absolute Gasteiger partial charge is 0.380 e. The largest absolute Gasteiger partial charge is 0.417 e. The molecule has 0 bridgehead atoms. The summed E-state index contributed by atoms with van der Waals surface area (Å²) in [6.45, 7) is 4.43. The minimum atomic E-state index is -4.88. The summed E-state index contributed by atoms with van der Waals surface area (Å²) in [4.78, 5) is 41.9. The maximum Gasteiger partial charge on any atom is 0.417 e. The third-order valence-corrected chi connectivity index (χ3v) is 12.3. The first-order valence-corrected chi connectivity index (χ1v) is 20.9. The van der Waals surface area contributed by atoms with E-state index in [-0.39, 0.29) is 21.7 Å². The maximum absolute atomic E-state index is 14.9. The zero-order valence-electron chi connectivity index (χ0n) is 33.0. The van der Waals surface area contributed by atoms with Crippen molar-refractivity contribution in [3.8, 4) is 6.07 Å². The lowest BCUT2D eigenvalue weighted by Gasteiger charge is -2.34. The molecule has 5 aromatic rings. The van der Waals surface area contributed by atoms with Crippen LogP contribution in [0.4, 0.5) is 23.2 Å². The highest BCUT2D eigenvalue weighted by atomic mass is 32.2. The number of ether oxygens (including phenoxy) is 1. The molecule has 0 spiro atoms. The number of carbonyl (C=O) groups excluding carboxylic acids is 2. The number of rotatable bonds is 15. The van der Waals surface area contributed by atoms with E-state index in [4.69, 9.17) is 10.00 Å². The van der Waals surface area contributed by atoms with Gasteiger partial charge in [-0.2, -0.15) is 23.5 Å². The Balaban J connectivity index is 0.907. The molecule has 2 amide bonds. The number of halogens is 4. The highest BCUT2D eigenvalue weighted by molar-refractivity contribution is 7.91. The molecule has 0 unspecified atom stereocenters. The number of hydrogen-bond donors (Lipinski definition) is 3. The number of hydrogen-bond acceptors (Lipinski definition) is 10. The van der Waals surface area contributed by atoms with E-state index in [0.29, 0.717) is 93.3 Å². The molecule has 0 saturated carbocycles. The number of aromatic nitrogens is 2. The Morgan fingerprint density at radius 3 is 2.33 bits per heavy atom. The highest BCUT2D eigenvalue weighted by Gasteiger charge is 2.38. The number of H-pyrrole nitrogens is 1. The number of aliphatic hydroxyl groups is 1. The Morgan fingerprint density at radius 1 is 0.951 bits per heavy atom. The number of nitriles is 1. The molecule has 0 aliphatic carbocycles. The van der Waals surface area contributed by atoms with Crippen LogP contribution in [0.3, 0.4) is 0 Å². The van der Waals surface area contributed by atoms with Crippen LogP contribution in [-0.2, 0) is 38.4 Å². The molecule has 6 rings (SSSR count). The van der Waals surface area contributed by atoms with Gasteiger partial charge < -0.3 is 20.1 Å². The number of aromatic amines is 1. The molecule has 4 aromatic carbocycles. The average molecular weight is 863 g/mol. The van der Waals surface area contributed by atoms with E-state index in [0.717, 1.165) is 24.6 Å². The molecule has 0 radical (unpaired) electrons. The second kappa shape index (κ2) is 18.7. The fraction of sp³-hybridized carbons (Fsp3) is 0.326. The van der Waals surface area contributed by atoms with E-state index < -0.39 is 56.1 Å². The number of carbonyl (C=O) groups is 2. The number of amides is 2. The van der Waals surface area contributed by atoms with Crippen molar-refractivity contribution >= 4 is 38.1 Å². The van der Waals surface area contributed by atoms with E-state index in [2.05, 4.69) is 20.4 Å². The summed E-state index contributed by atoms with van der Waals surface area (Å²) >= 11 is 0. The zero-order valence-corrected chi connectivity index (χ0v) is 33.8. The molecule has 3 N–H and O–H groups in total. The van der Waals surface area contributed by atoms with E-state index in [1.54, 1.807) is 41.3 Å². The van der Waals surface area contributed by atoms with Gasteiger partial charge in [-0.15, -0.1) is 0 Å². The predicted octanol–water partition coefficient (Wildman–Crippen LogP) is 5.11. The Kier molecular flexibility index (Phi) is 13.7. The Hall–Kier alpha value is -6.00. The van der Waals surface area contributed by atoms with Crippen molar-refractivity contribution in [2.24, 2.45) is 0 Å². The molecule has 1 aromatic heterocycles. The van der Waals surface area contributed by atoms with Gasteiger partial charge in [0.1, 0.15) is 5.82 Å². The predicted molar refractivity (Wildman–Crippen MR) is 217 cm³/mol. The van der Waals surface area contributed by atoms with Gasteiger partial charge in [0.15, 0.2) is 15.4 Å². The van der Waals surface area contributed by atoms with Gasteiger partial charge in [-0.1, -0.05) is 36.4 Å². The summed E-state index contributed by atoms with van der Waals surface area (Å²) in [6, 6.07) is 21.2. The van der Waals surface area contributed by atoms with Crippen LogP contribution in [0.2, 0.25) is 0 Å². The molecule has 61 heavy (non-hydrogen) atoms. The fourth-order valence-electron chi connectivity index (χ4n) is 6.97. The van der Waals surface area contributed by atoms with Crippen LogP contribution in [-0.4, -0.2) is 103 Å². The number of benzene rings is 4. The van der Waals surface area contributed by atoms with Gasteiger partial charge >= 0.3 is 6.18 Å². The van der Waals surface area contributed by atoms with E-state index in [9.17, 15) is 45.5 Å². The number of nitrogens with one attached hydrogen (secondary N) is 2. The quantitative estimate of drug-likeness (QED) is 0.0944. The van der Waals surface area contributed by atoms with E-state index in [1.807, 2.05) is 6.07 Å². The van der Waals surface area contributed by atoms with Crippen molar-refractivity contribution in [3.63, 3.8) is 0 Å². The number of piperazine rings is 1. The van der Waals surface area contributed by atoms with Crippen molar-refractivity contribution < 1.29 is 45.4 Å². The van der Waals surface area contributed by atoms with Crippen molar-refractivity contribution in [1.29, 1.82) is 5.26 Å².